The average molecular weight is 192 g/mol. The zero-order chi connectivity index (χ0) is 9.14. The minimum atomic E-state index is -2.58. The van der Waals surface area contributed by atoms with E-state index in [4.69, 9.17) is 17.3 Å². The van der Waals surface area contributed by atoms with Crippen LogP contribution in [0.5, 0.6) is 0 Å². The Morgan fingerprint density at radius 1 is 1.25 bits per heavy atom. The summed E-state index contributed by atoms with van der Waals surface area (Å²) < 4.78 is 24.2. The van der Waals surface area contributed by atoms with Gasteiger partial charge in [-0.2, -0.15) is 0 Å². The van der Waals surface area contributed by atoms with Gasteiger partial charge in [0.1, 0.15) is 0 Å². The molecule has 0 saturated heterocycles. The summed E-state index contributed by atoms with van der Waals surface area (Å²) in [4.78, 5) is 0. The van der Waals surface area contributed by atoms with Gasteiger partial charge in [-0.15, -0.1) is 0 Å². The lowest BCUT2D eigenvalue weighted by Gasteiger charge is -2.11. The van der Waals surface area contributed by atoms with Crippen LogP contribution < -0.4 is 5.73 Å². The number of nitrogens with two attached hydrogens (primary N) is 1. The molecule has 1 rings (SSSR count). The zero-order valence-electron chi connectivity index (χ0n) is 6.18. The first-order valence-electron chi connectivity index (χ1n) is 3.41. The van der Waals surface area contributed by atoms with Gasteiger partial charge in [0, 0.05) is 5.02 Å². The van der Waals surface area contributed by atoms with E-state index in [1.807, 2.05) is 0 Å². The summed E-state index contributed by atoms with van der Waals surface area (Å²) in [6.45, 7) is 0. The third-order valence-corrected chi connectivity index (χ3v) is 1.88. The van der Waals surface area contributed by atoms with Crippen molar-refractivity contribution in [3.63, 3.8) is 0 Å². The Labute approximate surface area is 74.1 Å². The van der Waals surface area contributed by atoms with Crippen molar-refractivity contribution in [2.24, 2.45) is 5.73 Å². The second-order valence-corrected chi connectivity index (χ2v) is 2.79. The predicted octanol–water partition coefficient (Wildman–Crippen LogP) is 2.60. The van der Waals surface area contributed by atoms with E-state index in [1.165, 1.54) is 6.07 Å². The van der Waals surface area contributed by atoms with Crippen molar-refractivity contribution in [3.05, 3.63) is 34.9 Å². The number of halogens is 3. The molecule has 1 nitrogen and oxygen atoms in total. The normalized spacial score (nSPS) is 13.4. The van der Waals surface area contributed by atoms with Crippen LogP contribution >= 0.6 is 11.6 Å². The largest absolute Gasteiger partial charge is 0.319 e. The van der Waals surface area contributed by atoms with Crippen molar-refractivity contribution in [2.45, 2.75) is 12.5 Å². The molecule has 0 bridgehead atoms. The highest BCUT2D eigenvalue weighted by molar-refractivity contribution is 6.31. The van der Waals surface area contributed by atoms with Crippen LogP contribution in [0, 0.1) is 0 Å². The fraction of sp³-hybridized carbons (Fsp3) is 0.250. The summed E-state index contributed by atoms with van der Waals surface area (Å²) in [6.07, 6.45) is -2.58. The molecule has 0 unspecified atom stereocenters. The fourth-order valence-electron chi connectivity index (χ4n) is 0.881. The summed E-state index contributed by atoms with van der Waals surface area (Å²) in [5.41, 5.74) is 5.49. The van der Waals surface area contributed by atoms with Crippen molar-refractivity contribution in [2.75, 3.05) is 0 Å². The van der Waals surface area contributed by atoms with Gasteiger partial charge in [0.05, 0.1) is 6.04 Å². The molecule has 0 aliphatic heterocycles. The molecule has 0 aliphatic carbocycles. The lowest BCUT2D eigenvalue weighted by Crippen LogP contribution is -2.19. The predicted molar refractivity (Wildman–Crippen MR) is 44.4 cm³/mol. The maximum absolute atomic E-state index is 12.1. The first-order valence-corrected chi connectivity index (χ1v) is 3.79. The first-order chi connectivity index (χ1) is 5.63. The molecule has 1 aromatic carbocycles. The molecule has 2 N–H and O–H groups in total. The molecular formula is C8H8ClF2N. The highest BCUT2D eigenvalue weighted by Crippen LogP contribution is 2.24. The maximum atomic E-state index is 12.1. The highest BCUT2D eigenvalue weighted by Gasteiger charge is 2.19. The number of hydrogen-bond donors (Lipinski definition) is 1. The Morgan fingerprint density at radius 2 is 1.83 bits per heavy atom. The fourth-order valence-corrected chi connectivity index (χ4v) is 1.14. The second-order valence-electron chi connectivity index (χ2n) is 2.38. The molecule has 0 aromatic heterocycles. The standard InChI is InChI=1S/C8H8ClF2N/c9-6-4-2-1-3-5(6)7(12)8(10)11/h1-4,7-8H,12H2/t7-/m0/s1. The van der Waals surface area contributed by atoms with Gasteiger partial charge in [-0.25, -0.2) is 8.78 Å². The van der Waals surface area contributed by atoms with Crippen LogP contribution in [0.1, 0.15) is 11.6 Å². The number of benzene rings is 1. The maximum Gasteiger partial charge on any atom is 0.257 e. The van der Waals surface area contributed by atoms with Gasteiger partial charge in [-0.05, 0) is 11.6 Å². The van der Waals surface area contributed by atoms with Crippen LogP contribution in [0.15, 0.2) is 24.3 Å². The third-order valence-electron chi connectivity index (χ3n) is 1.54. The average Bonchev–Trinajstić information content (AvgIpc) is 2.04. The summed E-state index contributed by atoms with van der Waals surface area (Å²) in [6, 6.07) is 5.05. The molecular weight excluding hydrogens is 184 g/mol. The Morgan fingerprint density at radius 3 is 2.33 bits per heavy atom. The van der Waals surface area contributed by atoms with E-state index in [9.17, 15) is 8.78 Å². The van der Waals surface area contributed by atoms with E-state index >= 15 is 0 Å². The van der Waals surface area contributed by atoms with Gasteiger partial charge in [-0.1, -0.05) is 29.8 Å². The molecule has 1 atom stereocenters. The Bertz CT molecular complexity index is 265. The zero-order valence-corrected chi connectivity index (χ0v) is 6.93. The van der Waals surface area contributed by atoms with Crippen molar-refractivity contribution in [3.8, 4) is 0 Å². The summed E-state index contributed by atoms with van der Waals surface area (Å²) >= 11 is 5.65. The van der Waals surface area contributed by atoms with Crippen LogP contribution in [0.3, 0.4) is 0 Å². The van der Waals surface area contributed by atoms with E-state index < -0.39 is 12.5 Å². The van der Waals surface area contributed by atoms with E-state index in [0.717, 1.165) is 0 Å². The van der Waals surface area contributed by atoms with Crippen molar-refractivity contribution in [1.82, 2.24) is 0 Å². The Balaban J connectivity index is 2.94. The number of alkyl halides is 2. The van der Waals surface area contributed by atoms with Gasteiger partial charge >= 0.3 is 0 Å². The topological polar surface area (TPSA) is 26.0 Å². The van der Waals surface area contributed by atoms with Gasteiger partial charge in [0.15, 0.2) is 0 Å². The quantitative estimate of drug-likeness (QED) is 0.764. The van der Waals surface area contributed by atoms with Crippen LogP contribution in [-0.4, -0.2) is 6.43 Å². The molecule has 66 valence electrons. The molecule has 4 heteroatoms. The molecule has 0 spiro atoms. The molecule has 0 aliphatic rings. The van der Waals surface area contributed by atoms with E-state index in [-0.39, 0.29) is 10.6 Å². The monoisotopic (exact) mass is 191 g/mol. The van der Waals surface area contributed by atoms with Crippen molar-refractivity contribution < 1.29 is 8.78 Å². The molecule has 0 saturated carbocycles. The smallest absolute Gasteiger partial charge is 0.257 e. The summed E-state index contributed by atoms with van der Waals surface area (Å²) in [5, 5.41) is 0.283. The number of rotatable bonds is 2. The van der Waals surface area contributed by atoms with E-state index in [2.05, 4.69) is 0 Å². The molecule has 0 amide bonds. The third kappa shape index (κ3) is 1.93. The second kappa shape index (κ2) is 3.83. The van der Waals surface area contributed by atoms with E-state index in [0.29, 0.717) is 0 Å². The summed E-state index contributed by atoms with van der Waals surface area (Å²) in [7, 11) is 0. The summed E-state index contributed by atoms with van der Waals surface area (Å²) in [5.74, 6) is 0. The van der Waals surface area contributed by atoms with Crippen LogP contribution in [0.2, 0.25) is 5.02 Å². The Kier molecular flexibility index (Phi) is 3.00. The first kappa shape index (κ1) is 9.42. The van der Waals surface area contributed by atoms with E-state index in [1.54, 1.807) is 18.2 Å². The minimum Gasteiger partial charge on any atom is -0.319 e. The molecule has 0 fully saturated rings. The lowest BCUT2D eigenvalue weighted by molar-refractivity contribution is 0.116. The lowest BCUT2D eigenvalue weighted by atomic mass is 10.1. The van der Waals surface area contributed by atoms with Crippen LogP contribution in [0.25, 0.3) is 0 Å². The Hall–Kier alpha value is -0.670. The van der Waals surface area contributed by atoms with Crippen LogP contribution in [-0.2, 0) is 0 Å². The highest BCUT2D eigenvalue weighted by atomic mass is 35.5. The number of hydrogen-bond acceptors (Lipinski definition) is 1. The van der Waals surface area contributed by atoms with Crippen molar-refractivity contribution in [1.29, 1.82) is 0 Å². The van der Waals surface area contributed by atoms with Gasteiger partial charge in [0.2, 0.25) is 0 Å². The molecule has 1 aromatic rings. The minimum absolute atomic E-state index is 0.283. The molecule has 0 heterocycles. The van der Waals surface area contributed by atoms with Gasteiger partial charge in [0.25, 0.3) is 6.43 Å². The van der Waals surface area contributed by atoms with Gasteiger partial charge < -0.3 is 5.73 Å². The van der Waals surface area contributed by atoms with Gasteiger partial charge in [-0.3, -0.25) is 0 Å². The van der Waals surface area contributed by atoms with Crippen molar-refractivity contribution >= 4 is 11.6 Å². The SMILES string of the molecule is N[C@@H](c1ccccc1Cl)C(F)F. The molecule has 0 radical (unpaired) electrons. The van der Waals surface area contributed by atoms with Crippen LogP contribution in [0.4, 0.5) is 8.78 Å². The molecule has 12 heavy (non-hydrogen) atoms.